The van der Waals surface area contributed by atoms with Gasteiger partial charge >= 0.3 is 7.60 Å². The number of hydrogen-bond donors (Lipinski definition) is 3. The third-order valence-corrected chi connectivity index (χ3v) is 7.20. The average Bonchev–Trinajstić information content (AvgIpc) is 2.67. The van der Waals surface area contributed by atoms with Crippen LogP contribution >= 0.6 is 7.60 Å². The number of rotatable bonds is 21. The zero-order valence-electron chi connectivity index (χ0n) is 21.5. The topological polar surface area (TPSA) is 77.8 Å². The third-order valence-electron chi connectivity index (χ3n) is 5.75. The van der Waals surface area contributed by atoms with E-state index in [-0.39, 0.29) is 13.0 Å². The van der Waals surface area contributed by atoms with Gasteiger partial charge in [0.05, 0.1) is 21.1 Å². The van der Waals surface area contributed by atoms with E-state index < -0.39 is 12.9 Å². The molecule has 6 heteroatoms. The number of allylic oxidation sites excluding steroid dienone is 4. The number of likely N-dealkylation sites (N-methyl/N-ethyl adjacent to an activating group) is 1. The van der Waals surface area contributed by atoms with Crippen LogP contribution < -0.4 is 0 Å². The number of nitrogens with zero attached hydrogens (tertiary/aromatic N) is 1. The molecule has 0 aliphatic carbocycles. The summed E-state index contributed by atoms with van der Waals surface area (Å²) in [5.74, 6) is 0. The van der Waals surface area contributed by atoms with Crippen molar-refractivity contribution in [1.29, 1.82) is 0 Å². The molecule has 0 radical (unpaired) electrons. The van der Waals surface area contributed by atoms with E-state index in [1.165, 1.54) is 70.6 Å². The first-order valence-corrected chi connectivity index (χ1v) is 14.5. The third kappa shape index (κ3) is 18.0. The monoisotopic (exact) mass is 474 g/mol. The highest BCUT2D eigenvalue weighted by Gasteiger charge is 2.48. The largest absolute Gasteiger partial charge is 0.373 e. The maximum absolute atomic E-state index is 11.8. The van der Waals surface area contributed by atoms with E-state index in [2.05, 4.69) is 31.2 Å². The molecular formula is C26H53NO4P+. The molecule has 3 N–H and O–H groups in total. The first kappa shape index (κ1) is 31.6. The van der Waals surface area contributed by atoms with E-state index in [1.807, 2.05) is 21.1 Å². The minimum Gasteiger partial charge on any atom is -0.373 e. The van der Waals surface area contributed by atoms with Crippen LogP contribution in [0.3, 0.4) is 0 Å². The molecule has 0 fully saturated rings. The van der Waals surface area contributed by atoms with Gasteiger partial charge in [0.15, 0.2) is 0 Å². The molecule has 0 aromatic rings. The molecule has 0 rings (SSSR count). The van der Waals surface area contributed by atoms with Gasteiger partial charge in [-0.05, 0) is 51.4 Å². The van der Waals surface area contributed by atoms with E-state index in [1.54, 1.807) is 0 Å². The van der Waals surface area contributed by atoms with Gasteiger partial charge in [-0.1, -0.05) is 82.6 Å². The Bertz CT molecular complexity index is 551. The summed E-state index contributed by atoms with van der Waals surface area (Å²) in [6.07, 6.45) is 26.9. The molecule has 0 spiro atoms. The minimum atomic E-state index is -4.55. The second-order valence-corrected chi connectivity index (χ2v) is 12.3. The molecule has 0 saturated heterocycles. The minimum absolute atomic E-state index is 0.0584. The molecule has 0 saturated carbocycles. The fraction of sp³-hybridized carbons (Fsp3) is 0.846. The van der Waals surface area contributed by atoms with Gasteiger partial charge in [0.1, 0.15) is 6.54 Å². The van der Waals surface area contributed by atoms with Gasteiger partial charge in [0.2, 0.25) is 5.34 Å². The second-order valence-electron chi connectivity index (χ2n) is 10.4. The highest BCUT2D eigenvalue weighted by atomic mass is 31.2. The van der Waals surface area contributed by atoms with Crippen LogP contribution in [-0.4, -0.2) is 52.4 Å². The Hall–Kier alpha value is -0.450. The van der Waals surface area contributed by atoms with Crippen molar-refractivity contribution in [2.75, 3.05) is 27.7 Å². The molecule has 0 aliphatic rings. The fourth-order valence-electron chi connectivity index (χ4n) is 3.98. The molecule has 0 aromatic carbocycles. The lowest BCUT2D eigenvalue weighted by molar-refractivity contribution is -0.875. The number of hydrogen-bond acceptors (Lipinski definition) is 2. The summed E-state index contributed by atoms with van der Waals surface area (Å²) in [5.41, 5.74) is 0. The molecule has 190 valence electrons. The first-order chi connectivity index (χ1) is 15.0. The zero-order valence-corrected chi connectivity index (χ0v) is 22.4. The molecule has 0 heterocycles. The van der Waals surface area contributed by atoms with E-state index >= 15 is 0 Å². The Morgan fingerprint density at radius 2 is 1.09 bits per heavy atom. The van der Waals surface area contributed by atoms with Crippen LogP contribution in [-0.2, 0) is 4.57 Å². The molecule has 0 bridgehead atoms. The summed E-state index contributed by atoms with van der Waals surface area (Å²) in [6, 6.07) is 0. The first-order valence-electron chi connectivity index (χ1n) is 12.9. The van der Waals surface area contributed by atoms with Crippen molar-refractivity contribution in [3.63, 3.8) is 0 Å². The Morgan fingerprint density at radius 1 is 0.688 bits per heavy atom. The SMILES string of the molecule is CCC/C=C\CCC/C=C\CCCCCCCCCCCC(O)(C[N+](C)(C)C)P(=O)(O)O. The molecule has 5 nitrogen and oxygen atoms in total. The van der Waals surface area contributed by atoms with Crippen LogP contribution in [0, 0.1) is 0 Å². The van der Waals surface area contributed by atoms with Crippen LogP contribution in [0.1, 0.15) is 110 Å². The molecule has 0 aromatic heterocycles. The summed E-state index contributed by atoms with van der Waals surface area (Å²) < 4.78 is 12.1. The number of quaternary nitrogens is 1. The zero-order chi connectivity index (χ0) is 24.3. The highest BCUT2D eigenvalue weighted by molar-refractivity contribution is 7.53. The summed E-state index contributed by atoms with van der Waals surface area (Å²) in [5, 5.41) is 8.63. The van der Waals surface area contributed by atoms with E-state index in [0.717, 1.165) is 19.3 Å². The van der Waals surface area contributed by atoms with Crippen molar-refractivity contribution in [1.82, 2.24) is 0 Å². The second kappa shape index (κ2) is 18.0. The predicted molar refractivity (Wildman–Crippen MR) is 138 cm³/mol. The van der Waals surface area contributed by atoms with Crippen LogP contribution in [0.25, 0.3) is 0 Å². The molecule has 1 unspecified atom stereocenters. The van der Waals surface area contributed by atoms with Gasteiger partial charge in [-0.15, -0.1) is 0 Å². The Morgan fingerprint density at radius 3 is 1.53 bits per heavy atom. The summed E-state index contributed by atoms with van der Waals surface area (Å²) in [6.45, 7) is 2.27. The van der Waals surface area contributed by atoms with E-state index in [9.17, 15) is 19.5 Å². The van der Waals surface area contributed by atoms with Crippen molar-refractivity contribution < 1.29 is 23.9 Å². The number of unbranched alkanes of at least 4 members (excludes halogenated alkanes) is 12. The van der Waals surface area contributed by atoms with Crippen molar-refractivity contribution in [3.05, 3.63) is 24.3 Å². The summed E-state index contributed by atoms with van der Waals surface area (Å²) >= 11 is 0. The standard InChI is InChI=1S/C26H52NO4P/c1-5-6-7-8-9-10-11-12-13-14-15-16-17-18-19-20-21-22-23-24-26(28,32(29,30)31)25-27(2,3)4/h7-8,12-13,28H,5-6,9-11,14-25H2,1-4H3,(H-,29,30,31)/p+1/b8-7-,13-12-. The normalized spacial score (nSPS) is 15.1. The van der Waals surface area contributed by atoms with Crippen LogP contribution in [0.15, 0.2) is 24.3 Å². The van der Waals surface area contributed by atoms with Gasteiger partial charge in [0, 0.05) is 0 Å². The fourth-order valence-corrected chi connectivity index (χ4v) is 5.03. The van der Waals surface area contributed by atoms with Crippen molar-refractivity contribution in [2.45, 2.75) is 115 Å². The lowest BCUT2D eigenvalue weighted by Gasteiger charge is -2.35. The van der Waals surface area contributed by atoms with Gasteiger partial charge in [-0.2, -0.15) is 0 Å². The van der Waals surface area contributed by atoms with Crippen molar-refractivity contribution in [3.8, 4) is 0 Å². The maximum atomic E-state index is 11.8. The molecule has 1 atom stereocenters. The smallest absolute Gasteiger partial charge is 0.362 e. The van der Waals surface area contributed by atoms with E-state index in [0.29, 0.717) is 10.9 Å². The number of aliphatic hydroxyl groups is 1. The van der Waals surface area contributed by atoms with Crippen molar-refractivity contribution >= 4 is 7.60 Å². The Balaban J connectivity index is 3.63. The average molecular weight is 475 g/mol. The van der Waals surface area contributed by atoms with Crippen LogP contribution in [0.4, 0.5) is 0 Å². The van der Waals surface area contributed by atoms with Crippen LogP contribution in [0.5, 0.6) is 0 Å². The Kier molecular flexibility index (Phi) is 17.7. The van der Waals surface area contributed by atoms with Gasteiger partial charge in [-0.3, -0.25) is 4.57 Å². The quantitative estimate of drug-likeness (QED) is 0.0729. The lowest BCUT2D eigenvalue weighted by Crippen LogP contribution is -2.49. The summed E-state index contributed by atoms with van der Waals surface area (Å²) in [7, 11) is 0.970. The predicted octanol–water partition coefficient (Wildman–Crippen LogP) is 6.93. The summed E-state index contributed by atoms with van der Waals surface area (Å²) in [4.78, 5) is 19.2. The Labute approximate surface area is 198 Å². The highest BCUT2D eigenvalue weighted by Crippen LogP contribution is 2.52. The maximum Gasteiger partial charge on any atom is 0.362 e. The molecule has 0 amide bonds. The lowest BCUT2D eigenvalue weighted by atomic mass is 10.0. The molecular weight excluding hydrogens is 421 g/mol. The van der Waals surface area contributed by atoms with Crippen LogP contribution in [0.2, 0.25) is 0 Å². The van der Waals surface area contributed by atoms with Crippen molar-refractivity contribution in [2.24, 2.45) is 0 Å². The van der Waals surface area contributed by atoms with E-state index in [4.69, 9.17) is 0 Å². The molecule has 32 heavy (non-hydrogen) atoms. The van der Waals surface area contributed by atoms with Gasteiger partial charge < -0.3 is 19.4 Å². The molecule has 0 aliphatic heterocycles. The van der Waals surface area contributed by atoms with Gasteiger partial charge in [-0.25, -0.2) is 0 Å². The van der Waals surface area contributed by atoms with Gasteiger partial charge in [0.25, 0.3) is 0 Å².